The second-order valence-electron chi connectivity index (χ2n) is 9.17. The van der Waals surface area contributed by atoms with Gasteiger partial charge in [0.2, 0.25) is 0 Å². The van der Waals surface area contributed by atoms with Crippen molar-refractivity contribution in [3.63, 3.8) is 0 Å². The maximum absolute atomic E-state index is 10.7. The molecule has 8 nitrogen and oxygen atoms in total. The number of nitrogen functional groups attached to an aromatic ring is 1. The van der Waals surface area contributed by atoms with Crippen molar-refractivity contribution in [2.24, 2.45) is 17.8 Å². The minimum absolute atomic E-state index is 0.00231. The predicted octanol–water partition coefficient (Wildman–Crippen LogP) is 4.95. The molecule has 0 amide bonds. The monoisotopic (exact) mass is 500 g/mol. The normalized spacial score (nSPS) is 20.2. The van der Waals surface area contributed by atoms with Gasteiger partial charge in [0.15, 0.2) is 11.5 Å². The first-order valence-corrected chi connectivity index (χ1v) is 12.3. The van der Waals surface area contributed by atoms with Gasteiger partial charge in [-0.2, -0.15) is 0 Å². The highest BCUT2D eigenvalue weighted by molar-refractivity contribution is 6.29. The van der Waals surface area contributed by atoms with Gasteiger partial charge in [0.05, 0.1) is 17.7 Å². The van der Waals surface area contributed by atoms with Gasteiger partial charge in [-0.05, 0) is 49.2 Å². The number of H-pyrrole nitrogens is 1. The summed E-state index contributed by atoms with van der Waals surface area (Å²) < 4.78 is 0. The smallest absolute Gasteiger partial charge is 0.306 e. The number of aromatic nitrogens is 5. The molecule has 0 spiro atoms. The zero-order valence-electron chi connectivity index (χ0n) is 19.5. The molecule has 3 aliphatic carbocycles. The van der Waals surface area contributed by atoms with Gasteiger partial charge in [-0.3, -0.25) is 4.79 Å². The van der Waals surface area contributed by atoms with Gasteiger partial charge >= 0.3 is 5.97 Å². The number of hydrogen-bond acceptors (Lipinski definition) is 6. The summed E-state index contributed by atoms with van der Waals surface area (Å²) in [5, 5.41) is 9.15. The Labute approximate surface area is 213 Å². The minimum atomic E-state index is -0.556. The number of nitrogens with one attached hydrogen (secondary N) is 1. The van der Waals surface area contributed by atoms with Crippen LogP contribution in [-0.4, -0.2) is 36.0 Å². The van der Waals surface area contributed by atoms with Crippen molar-refractivity contribution in [1.82, 2.24) is 24.9 Å². The molecule has 3 saturated carbocycles. The molecule has 3 aliphatic rings. The third-order valence-corrected chi connectivity index (χ3v) is 6.99. The van der Waals surface area contributed by atoms with Crippen molar-refractivity contribution in [2.45, 2.75) is 32.1 Å². The number of fused-ring (bicyclic) bond motifs is 4. The highest BCUT2D eigenvalue weighted by Gasteiger charge is 2.39. The summed E-state index contributed by atoms with van der Waals surface area (Å²) in [4.78, 5) is 31.0. The molecule has 36 heavy (non-hydrogen) atoms. The number of rotatable bonds is 2. The van der Waals surface area contributed by atoms with E-state index in [4.69, 9.17) is 22.4 Å². The summed E-state index contributed by atoms with van der Waals surface area (Å²) in [6.45, 7) is 0. The van der Waals surface area contributed by atoms with Gasteiger partial charge in [-0.25, -0.2) is 19.9 Å². The lowest BCUT2D eigenvalue weighted by molar-refractivity contribution is -0.147. The lowest BCUT2D eigenvalue weighted by Gasteiger charge is -2.40. The van der Waals surface area contributed by atoms with Gasteiger partial charge in [0.1, 0.15) is 22.2 Å². The minimum Gasteiger partial charge on any atom is -0.481 e. The molecule has 182 valence electrons. The third kappa shape index (κ3) is 5.31. The number of halogens is 1. The SMILES string of the molecule is Nc1cc(C#Cc2ccccc2)nc(-c2c[nH]c3ncc(Cl)nc23)n1.O=C(O)C1CC2CCC1CC2. The van der Waals surface area contributed by atoms with Crippen molar-refractivity contribution < 1.29 is 9.90 Å². The number of anilines is 1. The van der Waals surface area contributed by atoms with Crippen LogP contribution >= 0.6 is 11.6 Å². The zero-order chi connectivity index (χ0) is 25.1. The average molecular weight is 501 g/mol. The molecule has 7 rings (SSSR count). The molecule has 0 saturated heterocycles. The van der Waals surface area contributed by atoms with Crippen LogP contribution in [0.3, 0.4) is 0 Å². The zero-order valence-corrected chi connectivity index (χ0v) is 20.2. The van der Waals surface area contributed by atoms with E-state index in [1.165, 1.54) is 31.9 Å². The van der Waals surface area contributed by atoms with Gasteiger partial charge in [0.25, 0.3) is 0 Å². The topological polar surface area (TPSA) is 131 Å². The van der Waals surface area contributed by atoms with Crippen molar-refractivity contribution in [2.75, 3.05) is 5.73 Å². The van der Waals surface area contributed by atoms with Crippen LogP contribution < -0.4 is 5.73 Å². The number of aromatic amines is 1. The molecule has 3 aromatic heterocycles. The molecule has 9 heteroatoms. The Morgan fingerprint density at radius 1 is 1.08 bits per heavy atom. The molecule has 1 aromatic carbocycles. The highest BCUT2D eigenvalue weighted by Crippen LogP contribution is 2.44. The highest BCUT2D eigenvalue weighted by atomic mass is 35.5. The van der Waals surface area contributed by atoms with Crippen LogP contribution in [-0.2, 0) is 4.79 Å². The fourth-order valence-corrected chi connectivity index (χ4v) is 5.16. The number of nitrogens with two attached hydrogens (primary N) is 1. The van der Waals surface area contributed by atoms with Crippen molar-refractivity contribution in [3.05, 3.63) is 65.2 Å². The number of aliphatic carboxylic acids is 1. The molecule has 2 bridgehead atoms. The second-order valence-corrected chi connectivity index (χ2v) is 9.56. The molecule has 3 fully saturated rings. The molecular weight excluding hydrogens is 476 g/mol. The average Bonchev–Trinajstić information content (AvgIpc) is 3.32. The van der Waals surface area contributed by atoms with E-state index >= 15 is 0 Å². The summed E-state index contributed by atoms with van der Waals surface area (Å²) in [6, 6.07) is 11.3. The molecule has 1 atom stereocenters. The summed E-state index contributed by atoms with van der Waals surface area (Å²) in [5.74, 6) is 7.50. The first-order valence-electron chi connectivity index (χ1n) is 11.9. The Bertz CT molecular complexity index is 1450. The fourth-order valence-electron chi connectivity index (χ4n) is 5.03. The van der Waals surface area contributed by atoms with Crippen LogP contribution in [0.25, 0.3) is 22.6 Å². The maximum Gasteiger partial charge on any atom is 0.306 e. The van der Waals surface area contributed by atoms with E-state index in [0.29, 0.717) is 45.1 Å². The molecule has 1 unspecified atom stereocenters. The number of carbonyl (C=O) groups is 1. The third-order valence-electron chi connectivity index (χ3n) is 6.81. The van der Waals surface area contributed by atoms with Crippen LogP contribution in [0, 0.1) is 29.6 Å². The summed E-state index contributed by atoms with van der Waals surface area (Å²) in [6.07, 6.45) is 9.07. The van der Waals surface area contributed by atoms with Gasteiger partial charge in [-0.1, -0.05) is 48.6 Å². The van der Waals surface area contributed by atoms with E-state index in [0.717, 1.165) is 17.9 Å². The Balaban J connectivity index is 0.000000202. The van der Waals surface area contributed by atoms with E-state index in [2.05, 4.69) is 36.8 Å². The van der Waals surface area contributed by atoms with E-state index < -0.39 is 5.97 Å². The quantitative estimate of drug-likeness (QED) is 0.332. The van der Waals surface area contributed by atoms with E-state index in [9.17, 15) is 4.79 Å². The second kappa shape index (κ2) is 10.3. The van der Waals surface area contributed by atoms with Crippen LogP contribution in [0.4, 0.5) is 5.82 Å². The van der Waals surface area contributed by atoms with Gasteiger partial charge in [0, 0.05) is 17.8 Å². The maximum atomic E-state index is 10.7. The number of carboxylic acid groups (broad SMARTS) is 1. The molecular formula is C27H25ClN6O2. The number of hydrogen-bond donors (Lipinski definition) is 3. The number of nitrogens with zero attached hydrogens (tertiary/aromatic N) is 4. The van der Waals surface area contributed by atoms with E-state index in [1.54, 1.807) is 12.3 Å². The number of carboxylic acids is 1. The van der Waals surface area contributed by atoms with Crippen LogP contribution in [0.1, 0.15) is 43.4 Å². The Kier molecular flexibility index (Phi) is 6.83. The van der Waals surface area contributed by atoms with Crippen LogP contribution in [0.2, 0.25) is 5.15 Å². The Morgan fingerprint density at radius 2 is 1.86 bits per heavy atom. The molecule has 4 N–H and O–H groups in total. The molecule has 3 heterocycles. The molecule has 0 radical (unpaired) electrons. The lowest BCUT2D eigenvalue weighted by atomic mass is 9.65. The fraction of sp³-hybridized carbons (Fsp3) is 0.296. The van der Waals surface area contributed by atoms with Crippen molar-refractivity contribution in [3.8, 4) is 23.2 Å². The van der Waals surface area contributed by atoms with E-state index in [-0.39, 0.29) is 5.92 Å². The Hall–Kier alpha value is -3.96. The van der Waals surface area contributed by atoms with Crippen molar-refractivity contribution >= 4 is 34.6 Å². The van der Waals surface area contributed by atoms with Crippen molar-refractivity contribution in [1.29, 1.82) is 0 Å². The summed E-state index contributed by atoms with van der Waals surface area (Å²) in [5.41, 5.74) is 9.18. The van der Waals surface area contributed by atoms with Gasteiger partial charge < -0.3 is 15.8 Å². The first-order chi connectivity index (χ1) is 17.5. The Morgan fingerprint density at radius 3 is 2.53 bits per heavy atom. The molecule has 0 aliphatic heterocycles. The van der Waals surface area contributed by atoms with Gasteiger partial charge in [-0.15, -0.1) is 0 Å². The van der Waals surface area contributed by atoms with Crippen LogP contribution in [0.5, 0.6) is 0 Å². The standard InChI is InChI=1S/C18H11ClN6.C9H14O2/c19-14-10-22-18-16(24-14)13(9-21-18)17-23-12(8-15(20)25-17)7-6-11-4-2-1-3-5-11;10-9(11)8-5-6-1-3-7(8)4-2-6/h1-5,8-10H,(H,21,22)(H2,20,23,25);6-8H,1-5H2,(H,10,11). The summed E-state index contributed by atoms with van der Waals surface area (Å²) >= 11 is 5.94. The lowest BCUT2D eigenvalue weighted by Crippen LogP contribution is -2.35. The predicted molar refractivity (Wildman–Crippen MR) is 138 cm³/mol. The first kappa shape index (κ1) is 23.8. The van der Waals surface area contributed by atoms with E-state index in [1.807, 2.05) is 30.3 Å². The number of benzene rings is 1. The summed E-state index contributed by atoms with van der Waals surface area (Å²) in [7, 11) is 0. The molecule has 4 aromatic rings. The largest absolute Gasteiger partial charge is 0.481 e. The van der Waals surface area contributed by atoms with Crippen LogP contribution in [0.15, 0.2) is 48.8 Å².